The average molecular weight is 380 g/mol. The molecule has 28 heavy (non-hydrogen) atoms. The molecule has 1 fully saturated rings. The van der Waals surface area contributed by atoms with Gasteiger partial charge < -0.3 is 14.5 Å². The number of rotatable bonds is 6. The van der Waals surface area contributed by atoms with Gasteiger partial charge in [0.15, 0.2) is 5.76 Å². The van der Waals surface area contributed by atoms with E-state index in [1.54, 1.807) is 17.0 Å². The largest absolute Gasteiger partial charge is 0.463 e. The van der Waals surface area contributed by atoms with Crippen LogP contribution in [0.25, 0.3) is 17.1 Å². The summed E-state index contributed by atoms with van der Waals surface area (Å²) in [5.74, 6) is 0.480. The zero-order valence-electron chi connectivity index (χ0n) is 15.9. The van der Waals surface area contributed by atoms with Gasteiger partial charge in [-0.15, -0.1) is 0 Å². The van der Waals surface area contributed by atoms with Crippen LogP contribution in [0, 0.1) is 6.92 Å². The summed E-state index contributed by atoms with van der Waals surface area (Å²) in [6, 6.07) is 13.3. The molecular weight excluding hydrogens is 356 g/mol. The van der Waals surface area contributed by atoms with Crippen molar-refractivity contribution in [1.82, 2.24) is 20.0 Å². The third-order valence-electron chi connectivity index (χ3n) is 4.78. The van der Waals surface area contributed by atoms with Gasteiger partial charge in [-0.25, -0.2) is 4.68 Å². The second-order valence-corrected chi connectivity index (χ2v) is 6.85. The Morgan fingerprint density at radius 1 is 1.18 bits per heavy atom. The summed E-state index contributed by atoms with van der Waals surface area (Å²) in [7, 11) is 0. The smallest absolute Gasteiger partial charge is 0.270 e. The second kappa shape index (κ2) is 8.41. The monoisotopic (exact) mass is 380 g/mol. The number of aromatic nitrogens is 2. The van der Waals surface area contributed by atoms with Gasteiger partial charge in [0.05, 0.1) is 25.2 Å². The number of ether oxygens (including phenoxy) is 1. The molecule has 0 saturated carbocycles. The van der Waals surface area contributed by atoms with Crippen molar-refractivity contribution in [1.29, 1.82) is 0 Å². The quantitative estimate of drug-likeness (QED) is 0.711. The first-order valence-electron chi connectivity index (χ1n) is 9.50. The van der Waals surface area contributed by atoms with Gasteiger partial charge >= 0.3 is 0 Å². The highest BCUT2D eigenvalue weighted by Gasteiger charge is 2.19. The van der Waals surface area contributed by atoms with E-state index < -0.39 is 0 Å². The number of hydrogen-bond donors (Lipinski definition) is 1. The Morgan fingerprint density at radius 3 is 2.79 bits per heavy atom. The van der Waals surface area contributed by atoms with Gasteiger partial charge in [-0.2, -0.15) is 5.10 Å². The van der Waals surface area contributed by atoms with E-state index in [1.165, 1.54) is 0 Å². The minimum Gasteiger partial charge on any atom is -0.463 e. The van der Waals surface area contributed by atoms with Crippen molar-refractivity contribution in [2.24, 2.45) is 0 Å². The fourth-order valence-electron chi connectivity index (χ4n) is 3.29. The molecule has 0 unspecified atom stereocenters. The molecule has 3 aromatic rings. The first-order valence-corrected chi connectivity index (χ1v) is 9.50. The van der Waals surface area contributed by atoms with E-state index in [0.29, 0.717) is 23.7 Å². The van der Waals surface area contributed by atoms with Gasteiger partial charge in [0.2, 0.25) is 0 Å². The molecule has 1 aromatic carbocycles. The number of benzene rings is 1. The predicted octanol–water partition coefficient (Wildman–Crippen LogP) is 2.50. The van der Waals surface area contributed by atoms with Crippen LogP contribution >= 0.6 is 0 Å². The summed E-state index contributed by atoms with van der Waals surface area (Å²) in [6.07, 6.45) is 1.60. The van der Waals surface area contributed by atoms with Crippen LogP contribution in [0.15, 0.2) is 53.1 Å². The third-order valence-corrected chi connectivity index (χ3v) is 4.78. The SMILES string of the molecule is Cc1cccc(-n2nc(-c3ccco3)cc2C(=O)NCCN2CCOCC2)c1. The summed E-state index contributed by atoms with van der Waals surface area (Å²) in [6.45, 7) is 6.70. The molecule has 0 bridgehead atoms. The maximum atomic E-state index is 12.9. The van der Waals surface area contributed by atoms with Crippen LogP contribution in [0.5, 0.6) is 0 Å². The van der Waals surface area contributed by atoms with Crippen molar-refractivity contribution in [3.8, 4) is 17.1 Å². The summed E-state index contributed by atoms with van der Waals surface area (Å²) in [5.41, 5.74) is 3.06. The van der Waals surface area contributed by atoms with Gasteiger partial charge in [0, 0.05) is 32.2 Å². The molecule has 1 aliphatic heterocycles. The van der Waals surface area contributed by atoms with Gasteiger partial charge in [-0.3, -0.25) is 9.69 Å². The lowest BCUT2D eigenvalue weighted by atomic mass is 10.2. The van der Waals surface area contributed by atoms with E-state index in [0.717, 1.165) is 44.1 Å². The van der Waals surface area contributed by atoms with E-state index >= 15 is 0 Å². The molecule has 0 aliphatic carbocycles. The highest BCUT2D eigenvalue weighted by molar-refractivity contribution is 5.94. The molecule has 1 amide bonds. The Kier molecular flexibility index (Phi) is 5.55. The summed E-state index contributed by atoms with van der Waals surface area (Å²) >= 11 is 0. The summed E-state index contributed by atoms with van der Waals surface area (Å²) in [5, 5.41) is 7.63. The highest BCUT2D eigenvalue weighted by atomic mass is 16.5. The van der Waals surface area contributed by atoms with Crippen LogP contribution in [-0.4, -0.2) is 60.0 Å². The van der Waals surface area contributed by atoms with Crippen molar-refractivity contribution in [3.63, 3.8) is 0 Å². The summed E-state index contributed by atoms with van der Waals surface area (Å²) in [4.78, 5) is 15.2. The summed E-state index contributed by atoms with van der Waals surface area (Å²) < 4.78 is 12.5. The van der Waals surface area contributed by atoms with Crippen LogP contribution in [0.2, 0.25) is 0 Å². The molecule has 3 heterocycles. The highest BCUT2D eigenvalue weighted by Crippen LogP contribution is 2.22. The van der Waals surface area contributed by atoms with Gasteiger partial charge in [0.1, 0.15) is 11.4 Å². The number of aryl methyl sites for hydroxylation is 1. The van der Waals surface area contributed by atoms with Crippen molar-refractivity contribution in [2.45, 2.75) is 6.92 Å². The molecular formula is C21H24N4O3. The molecule has 4 rings (SSSR count). The molecule has 7 heteroatoms. The lowest BCUT2D eigenvalue weighted by molar-refractivity contribution is 0.0383. The molecule has 2 aromatic heterocycles. The number of morpholine rings is 1. The van der Waals surface area contributed by atoms with Crippen LogP contribution in [0.3, 0.4) is 0 Å². The number of amides is 1. The van der Waals surface area contributed by atoms with Gasteiger partial charge in [-0.1, -0.05) is 12.1 Å². The Bertz CT molecular complexity index is 927. The predicted molar refractivity (Wildman–Crippen MR) is 106 cm³/mol. The standard InChI is InChI=1S/C21H24N4O3/c1-16-4-2-5-17(14-16)25-19(15-18(23-25)20-6-3-11-28-20)21(26)22-7-8-24-9-12-27-13-10-24/h2-6,11,14-15H,7-10,12-13H2,1H3,(H,22,26). The van der Waals surface area contributed by atoms with Crippen LogP contribution in [-0.2, 0) is 4.74 Å². The second-order valence-electron chi connectivity index (χ2n) is 6.85. The number of carbonyl (C=O) groups excluding carboxylic acids is 1. The Balaban J connectivity index is 1.54. The normalized spacial score (nSPS) is 14.9. The van der Waals surface area contributed by atoms with Crippen LogP contribution in [0.1, 0.15) is 16.1 Å². The molecule has 7 nitrogen and oxygen atoms in total. The van der Waals surface area contributed by atoms with Crippen molar-refractivity contribution in [2.75, 3.05) is 39.4 Å². The molecule has 1 aliphatic rings. The number of hydrogen-bond acceptors (Lipinski definition) is 5. The van der Waals surface area contributed by atoms with E-state index in [2.05, 4.69) is 15.3 Å². The lowest BCUT2D eigenvalue weighted by Gasteiger charge is -2.26. The van der Waals surface area contributed by atoms with Crippen molar-refractivity contribution >= 4 is 5.91 Å². The minimum absolute atomic E-state index is 0.153. The number of nitrogens with zero attached hydrogens (tertiary/aromatic N) is 3. The third kappa shape index (κ3) is 4.16. The van der Waals surface area contributed by atoms with Crippen molar-refractivity contribution in [3.05, 3.63) is 60.0 Å². The zero-order chi connectivity index (χ0) is 19.3. The minimum atomic E-state index is -0.153. The van der Waals surface area contributed by atoms with E-state index in [4.69, 9.17) is 9.15 Å². The Labute approximate surface area is 163 Å². The number of carbonyl (C=O) groups is 1. The molecule has 0 radical (unpaired) electrons. The number of nitrogens with one attached hydrogen (secondary N) is 1. The fourth-order valence-corrected chi connectivity index (χ4v) is 3.29. The molecule has 1 N–H and O–H groups in total. The van der Waals surface area contributed by atoms with Crippen LogP contribution in [0.4, 0.5) is 0 Å². The average Bonchev–Trinajstić information content (AvgIpc) is 3.38. The molecule has 1 saturated heterocycles. The van der Waals surface area contributed by atoms with Gasteiger partial charge in [-0.05, 0) is 36.8 Å². The Hall–Kier alpha value is -2.90. The number of furan rings is 1. The molecule has 0 atom stereocenters. The molecule has 146 valence electrons. The van der Waals surface area contributed by atoms with Crippen molar-refractivity contribution < 1.29 is 13.9 Å². The molecule has 0 spiro atoms. The van der Waals surface area contributed by atoms with Crippen LogP contribution < -0.4 is 5.32 Å². The van der Waals surface area contributed by atoms with E-state index in [9.17, 15) is 4.79 Å². The van der Waals surface area contributed by atoms with Gasteiger partial charge in [0.25, 0.3) is 5.91 Å². The fraction of sp³-hybridized carbons (Fsp3) is 0.333. The first-order chi connectivity index (χ1) is 13.7. The van der Waals surface area contributed by atoms with E-state index in [-0.39, 0.29) is 5.91 Å². The topological polar surface area (TPSA) is 72.5 Å². The Morgan fingerprint density at radius 2 is 2.04 bits per heavy atom. The lowest BCUT2D eigenvalue weighted by Crippen LogP contribution is -2.41. The maximum Gasteiger partial charge on any atom is 0.270 e. The maximum absolute atomic E-state index is 12.9. The van der Waals surface area contributed by atoms with E-state index in [1.807, 2.05) is 43.3 Å². The first kappa shape index (κ1) is 18.5. The zero-order valence-corrected chi connectivity index (χ0v) is 15.9.